The number of ether oxygens (including phenoxy) is 2. The molecule has 0 atom stereocenters. The molecule has 0 saturated carbocycles. The summed E-state index contributed by atoms with van der Waals surface area (Å²) in [4.78, 5) is 16.6. The van der Waals surface area contributed by atoms with Crippen molar-refractivity contribution in [2.75, 3.05) is 24.9 Å². The highest BCUT2D eigenvalue weighted by Crippen LogP contribution is 2.29. The summed E-state index contributed by atoms with van der Waals surface area (Å²) in [5, 5.41) is 6.05. The fraction of sp³-hybridized carbons (Fsp3) is 0.143. The van der Waals surface area contributed by atoms with Gasteiger partial charge in [-0.25, -0.2) is 4.98 Å². The first-order valence-corrected chi connectivity index (χ1v) is 8.42. The van der Waals surface area contributed by atoms with Crippen molar-refractivity contribution >= 4 is 23.0 Å². The molecule has 0 unspecified atom stereocenters. The van der Waals surface area contributed by atoms with E-state index in [9.17, 15) is 4.79 Å². The van der Waals surface area contributed by atoms with Crippen LogP contribution in [0, 0.1) is 6.92 Å². The molecule has 1 amide bonds. The maximum Gasteiger partial charge on any atom is 0.274 e. The number of benzene rings is 2. The molecule has 0 aliphatic rings. The van der Waals surface area contributed by atoms with Gasteiger partial charge in [-0.05, 0) is 43.3 Å². The molecule has 3 aromatic rings. The number of hydrogen-bond acceptors (Lipinski definition) is 5. The second-order valence-electron chi connectivity index (χ2n) is 5.95. The Morgan fingerprint density at radius 3 is 2.15 bits per heavy atom. The van der Waals surface area contributed by atoms with E-state index in [1.165, 1.54) is 5.56 Å². The first kappa shape index (κ1) is 18.3. The smallest absolute Gasteiger partial charge is 0.274 e. The van der Waals surface area contributed by atoms with Crippen molar-refractivity contribution in [1.29, 1.82) is 0 Å². The first-order chi connectivity index (χ1) is 13.1. The van der Waals surface area contributed by atoms with Crippen molar-refractivity contribution in [2.45, 2.75) is 6.92 Å². The number of aryl methyl sites for hydroxylation is 1. The van der Waals surface area contributed by atoms with Crippen LogP contribution in [-0.2, 0) is 0 Å². The fourth-order valence-corrected chi connectivity index (χ4v) is 2.51. The third kappa shape index (κ3) is 4.55. The Morgan fingerprint density at radius 2 is 1.52 bits per heavy atom. The van der Waals surface area contributed by atoms with Crippen molar-refractivity contribution in [3.05, 3.63) is 72.1 Å². The highest BCUT2D eigenvalue weighted by molar-refractivity contribution is 6.03. The summed E-state index contributed by atoms with van der Waals surface area (Å²) in [5.41, 5.74) is 3.88. The molecule has 3 rings (SSSR count). The van der Waals surface area contributed by atoms with E-state index in [4.69, 9.17) is 9.47 Å². The van der Waals surface area contributed by atoms with Crippen LogP contribution in [0.3, 0.4) is 0 Å². The van der Waals surface area contributed by atoms with Crippen molar-refractivity contribution in [2.24, 2.45) is 0 Å². The minimum Gasteiger partial charge on any atom is -0.493 e. The van der Waals surface area contributed by atoms with Crippen LogP contribution in [-0.4, -0.2) is 25.1 Å². The molecule has 2 N–H and O–H groups in total. The summed E-state index contributed by atoms with van der Waals surface area (Å²) in [5.74, 6) is 0.838. The van der Waals surface area contributed by atoms with Crippen molar-refractivity contribution < 1.29 is 14.3 Å². The van der Waals surface area contributed by atoms with Gasteiger partial charge in [-0.3, -0.25) is 4.79 Å². The van der Waals surface area contributed by atoms with E-state index in [-0.39, 0.29) is 5.91 Å². The van der Waals surface area contributed by atoms with Crippen LogP contribution in [0.1, 0.15) is 16.1 Å². The molecule has 6 nitrogen and oxygen atoms in total. The Balaban J connectivity index is 1.67. The lowest BCUT2D eigenvalue weighted by Crippen LogP contribution is -2.13. The van der Waals surface area contributed by atoms with E-state index in [2.05, 4.69) is 15.6 Å². The summed E-state index contributed by atoms with van der Waals surface area (Å²) >= 11 is 0. The molecular formula is C21H21N3O3. The Labute approximate surface area is 158 Å². The summed E-state index contributed by atoms with van der Waals surface area (Å²) in [6, 6.07) is 16.7. The van der Waals surface area contributed by atoms with Gasteiger partial charge in [0.25, 0.3) is 5.91 Å². The Bertz CT molecular complexity index is 922. The lowest BCUT2D eigenvalue weighted by atomic mass is 10.2. The third-order valence-electron chi connectivity index (χ3n) is 3.98. The maximum atomic E-state index is 12.4. The van der Waals surface area contributed by atoms with Gasteiger partial charge in [0.2, 0.25) is 0 Å². The summed E-state index contributed by atoms with van der Waals surface area (Å²) in [6.07, 6.45) is 1.63. The van der Waals surface area contributed by atoms with Gasteiger partial charge in [0.1, 0.15) is 5.69 Å². The monoisotopic (exact) mass is 363 g/mol. The van der Waals surface area contributed by atoms with E-state index in [0.717, 1.165) is 11.4 Å². The van der Waals surface area contributed by atoms with Crippen LogP contribution in [0.4, 0.5) is 17.1 Å². The van der Waals surface area contributed by atoms with Gasteiger partial charge in [-0.15, -0.1) is 0 Å². The number of pyridine rings is 1. The van der Waals surface area contributed by atoms with Crippen molar-refractivity contribution in [3.8, 4) is 11.5 Å². The largest absolute Gasteiger partial charge is 0.493 e. The Morgan fingerprint density at radius 1 is 0.852 bits per heavy atom. The molecule has 1 aromatic heterocycles. The number of rotatable bonds is 6. The molecule has 0 bridgehead atoms. The van der Waals surface area contributed by atoms with E-state index in [1.807, 2.05) is 37.3 Å². The number of hydrogen-bond donors (Lipinski definition) is 2. The summed E-state index contributed by atoms with van der Waals surface area (Å²) in [6.45, 7) is 2.04. The minimum atomic E-state index is -0.302. The minimum absolute atomic E-state index is 0.302. The molecule has 0 aliphatic heterocycles. The predicted octanol–water partition coefficient (Wildman–Crippen LogP) is 4.40. The lowest BCUT2D eigenvalue weighted by Gasteiger charge is -2.11. The van der Waals surface area contributed by atoms with Crippen molar-refractivity contribution in [3.63, 3.8) is 0 Å². The molecule has 1 heterocycles. The number of methoxy groups -OCH3 is 2. The van der Waals surface area contributed by atoms with Gasteiger partial charge in [0.15, 0.2) is 11.5 Å². The molecular weight excluding hydrogens is 342 g/mol. The van der Waals surface area contributed by atoms with E-state index < -0.39 is 0 Å². The van der Waals surface area contributed by atoms with Gasteiger partial charge in [0.05, 0.1) is 26.1 Å². The van der Waals surface area contributed by atoms with Crippen molar-refractivity contribution in [1.82, 2.24) is 4.98 Å². The summed E-state index contributed by atoms with van der Waals surface area (Å²) < 4.78 is 10.4. The van der Waals surface area contributed by atoms with Crippen LogP contribution in [0.2, 0.25) is 0 Å². The van der Waals surface area contributed by atoms with Gasteiger partial charge in [-0.2, -0.15) is 0 Å². The normalized spacial score (nSPS) is 10.2. The fourth-order valence-electron chi connectivity index (χ4n) is 2.51. The lowest BCUT2D eigenvalue weighted by molar-refractivity contribution is 0.102. The SMILES string of the molecule is COc1ccc(NC(=O)c2ccc(Nc3ccc(C)cc3)cn2)cc1OC. The number of aromatic nitrogens is 1. The molecule has 0 aliphatic carbocycles. The number of carbonyl (C=O) groups is 1. The van der Waals surface area contributed by atoms with Crippen LogP contribution in [0.5, 0.6) is 11.5 Å². The quantitative estimate of drug-likeness (QED) is 0.679. The number of nitrogens with zero attached hydrogens (tertiary/aromatic N) is 1. The highest BCUT2D eigenvalue weighted by atomic mass is 16.5. The van der Waals surface area contributed by atoms with E-state index in [1.54, 1.807) is 44.7 Å². The number of amides is 1. The first-order valence-electron chi connectivity index (χ1n) is 8.42. The topological polar surface area (TPSA) is 72.5 Å². The highest BCUT2D eigenvalue weighted by Gasteiger charge is 2.10. The zero-order valence-electron chi connectivity index (χ0n) is 15.4. The Kier molecular flexibility index (Phi) is 5.56. The molecule has 0 fully saturated rings. The molecule has 2 aromatic carbocycles. The molecule has 138 valence electrons. The number of nitrogens with one attached hydrogen (secondary N) is 2. The van der Waals surface area contributed by atoms with Gasteiger partial charge < -0.3 is 20.1 Å². The maximum absolute atomic E-state index is 12.4. The molecule has 0 saturated heterocycles. The van der Waals surface area contributed by atoms with Crippen LogP contribution >= 0.6 is 0 Å². The molecule has 6 heteroatoms. The second kappa shape index (κ2) is 8.23. The third-order valence-corrected chi connectivity index (χ3v) is 3.98. The van der Waals surface area contributed by atoms with Gasteiger partial charge in [0, 0.05) is 17.4 Å². The van der Waals surface area contributed by atoms with Gasteiger partial charge in [-0.1, -0.05) is 17.7 Å². The average Bonchev–Trinajstić information content (AvgIpc) is 2.70. The average molecular weight is 363 g/mol. The standard InChI is InChI=1S/C21H21N3O3/c1-14-4-6-15(7-5-14)23-17-8-10-18(22-13-17)21(25)24-16-9-11-19(26-2)20(12-16)27-3/h4-13,23H,1-3H3,(H,24,25). The van der Waals surface area contributed by atoms with Crippen LogP contribution < -0.4 is 20.1 Å². The van der Waals surface area contributed by atoms with Crippen LogP contribution in [0.25, 0.3) is 0 Å². The zero-order valence-corrected chi connectivity index (χ0v) is 15.4. The zero-order chi connectivity index (χ0) is 19.2. The van der Waals surface area contributed by atoms with Gasteiger partial charge >= 0.3 is 0 Å². The van der Waals surface area contributed by atoms with E-state index >= 15 is 0 Å². The molecule has 27 heavy (non-hydrogen) atoms. The molecule has 0 spiro atoms. The predicted molar refractivity (Wildman–Crippen MR) is 106 cm³/mol. The molecule has 0 radical (unpaired) electrons. The summed E-state index contributed by atoms with van der Waals surface area (Å²) in [7, 11) is 3.11. The number of carbonyl (C=O) groups excluding carboxylic acids is 1. The van der Waals surface area contributed by atoms with Crippen LogP contribution in [0.15, 0.2) is 60.8 Å². The number of anilines is 3. The van der Waals surface area contributed by atoms with E-state index in [0.29, 0.717) is 22.9 Å². The second-order valence-corrected chi connectivity index (χ2v) is 5.95. The Hall–Kier alpha value is -3.54.